The second kappa shape index (κ2) is 13.6. The molecule has 10 aromatic rings. The minimum absolute atomic E-state index is 0.185. The smallest absolute Gasteiger partial charge is 0.0640 e. The summed E-state index contributed by atoms with van der Waals surface area (Å²) in [5.41, 5.74) is 14.1. The molecule has 0 bridgehead atoms. The average molecular weight is 775 g/mol. The van der Waals surface area contributed by atoms with Crippen molar-refractivity contribution in [2.45, 2.75) is 26.2 Å². The number of benzene rings is 8. The SMILES string of the molecule is C=C1/C(=C\C(=C/C)N(c2ccc(-c3ccccc3)cc2)c2ccc3c(c2)sc2c(-n4c5ccccc5c5cc6ccccc6cc54)cccc23)C(C)(C)c2ccccc21. The maximum absolute atomic E-state index is 4.64. The fourth-order valence-electron chi connectivity index (χ4n) is 9.53. The van der Waals surface area contributed by atoms with Gasteiger partial charge < -0.3 is 9.47 Å². The van der Waals surface area contributed by atoms with E-state index in [2.05, 4.69) is 225 Å². The van der Waals surface area contributed by atoms with Crippen molar-refractivity contribution in [1.82, 2.24) is 4.57 Å². The Bertz CT molecular complexity index is 3370. The molecule has 0 aliphatic heterocycles. The highest BCUT2D eigenvalue weighted by molar-refractivity contribution is 7.26. The largest absolute Gasteiger partial charge is 0.311 e. The molecule has 2 aromatic heterocycles. The summed E-state index contributed by atoms with van der Waals surface area (Å²) in [6.07, 6.45) is 4.61. The van der Waals surface area contributed by atoms with Crippen LogP contribution in [0.15, 0.2) is 206 Å². The Morgan fingerprint density at radius 1 is 0.593 bits per heavy atom. The van der Waals surface area contributed by atoms with E-state index in [1.807, 2.05) is 11.3 Å². The summed E-state index contributed by atoms with van der Waals surface area (Å²) >= 11 is 1.88. The van der Waals surface area contributed by atoms with Crippen LogP contribution in [0.1, 0.15) is 31.9 Å². The summed E-state index contributed by atoms with van der Waals surface area (Å²) in [4.78, 5) is 2.41. The van der Waals surface area contributed by atoms with E-state index in [4.69, 9.17) is 0 Å². The van der Waals surface area contributed by atoms with Gasteiger partial charge in [0.25, 0.3) is 0 Å². The molecule has 3 heteroatoms. The fraction of sp³-hybridized carbons (Fsp3) is 0.0714. The molecule has 0 N–H and O–H groups in total. The summed E-state index contributed by atoms with van der Waals surface area (Å²) in [6.45, 7) is 11.4. The molecule has 282 valence electrons. The second-order valence-electron chi connectivity index (χ2n) is 16.2. The van der Waals surface area contributed by atoms with E-state index in [1.54, 1.807) is 0 Å². The minimum atomic E-state index is -0.185. The number of hydrogen-bond donors (Lipinski definition) is 0. The van der Waals surface area contributed by atoms with Crippen LogP contribution in [0.4, 0.5) is 11.4 Å². The van der Waals surface area contributed by atoms with Crippen molar-refractivity contribution in [3.05, 3.63) is 217 Å². The third kappa shape index (κ3) is 5.53. The van der Waals surface area contributed by atoms with E-state index in [0.717, 1.165) is 22.6 Å². The van der Waals surface area contributed by atoms with Crippen molar-refractivity contribution in [2.24, 2.45) is 0 Å². The molecule has 59 heavy (non-hydrogen) atoms. The van der Waals surface area contributed by atoms with Crippen molar-refractivity contribution >= 4 is 81.0 Å². The first kappa shape index (κ1) is 35.2. The first-order chi connectivity index (χ1) is 28.9. The summed E-state index contributed by atoms with van der Waals surface area (Å²) in [5.74, 6) is 0. The first-order valence-corrected chi connectivity index (χ1v) is 21.2. The highest BCUT2D eigenvalue weighted by Gasteiger charge is 2.37. The first-order valence-electron chi connectivity index (χ1n) is 20.4. The summed E-state index contributed by atoms with van der Waals surface area (Å²) in [7, 11) is 0. The zero-order chi connectivity index (χ0) is 39.8. The Kier molecular flexibility index (Phi) is 8.11. The number of thiophene rings is 1. The van der Waals surface area contributed by atoms with Gasteiger partial charge in [-0.15, -0.1) is 11.3 Å². The lowest BCUT2D eigenvalue weighted by Gasteiger charge is -2.29. The summed E-state index contributed by atoms with van der Waals surface area (Å²) in [6, 6.07) is 64.4. The van der Waals surface area contributed by atoms with Crippen LogP contribution in [0.5, 0.6) is 0 Å². The van der Waals surface area contributed by atoms with Gasteiger partial charge in [0, 0.05) is 48.7 Å². The van der Waals surface area contributed by atoms with Gasteiger partial charge in [-0.1, -0.05) is 154 Å². The van der Waals surface area contributed by atoms with Gasteiger partial charge in [-0.05, 0) is 106 Å². The van der Waals surface area contributed by atoms with Crippen LogP contribution >= 0.6 is 11.3 Å². The molecular weight excluding hydrogens is 733 g/mol. The number of allylic oxidation sites excluding steroid dienone is 4. The molecule has 0 saturated carbocycles. The molecule has 0 amide bonds. The Labute approximate surface area is 348 Å². The van der Waals surface area contributed by atoms with Gasteiger partial charge in [0.2, 0.25) is 0 Å². The van der Waals surface area contributed by atoms with E-state index in [1.165, 1.54) is 86.3 Å². The number of hydrogen-bond acceptors (Lipinski definition) is 2. The third-order valence-corrected chi connectivity index (χ3v) is 13.7. The highest BCUT2D eigenvalue weighted by atomic mass is 32.1. The molecule has 0 saturated heterocycles. The third-order valence-electron chi connectivity index (χ3n) is 12.5. The van der Waals surface area contributed by atoms with Crippen molar-refractivity contribution in [1.29, 1.82) is 0 Å². The fourth-order valence-corrected chi connectivity index (χ4v) is 10.8. The molecule has 1 aliphatic rings. The number of rotatable bonds is 6. The van der Waals surface area contributed by atoms with Crippen LogP contribution in [0.25, 0.3) is 75.1 Å². The van der Waals surface area contributed by atoms with E-state index in [0.29, 0.717) is 0 Å². The van der Waals surface area contributed by atoms with Gasteiger partial charge in [-0.3, -0.25) is 0 Å². The molecule has 11 rings (SSSR count). The number of aromatic nitrogens is 1. The Balaban J connectivity index is 1.09. The van der Waals surface area contributed by atoms with Crippen molar-refractivity contribution < 1.29 is 0 Å². The number of nitrogens with zero attached hydrogens (tertiary/aromatic N) is 2. The van der Waals surface area contributed by atoms with E-state index >= 15 is 0 Å². The molecule has 0 atom stereocenters. The molecule has 2 nitrogen and oxygen atoms in total. The molecule has 0 radical (unpaired) electrons. The van der Waals surface area contributed by atoms with Gasteiger partial charge >= 0.3 is 0 Å². The van der Waals surface area contributed by atoms with Gasteiger partial charge in [0.1, 0.15) is 0 Å². The Morgan fingerprint density at radius 3 is 2.07 bits per heavy atom. The Morgan fingerprint density at radius 2 is 1.27 bits per heavy atom. The van der Waals surface area contributed by atoms with Crippen LogP contribution in [0, 0.1) is 0 Å². The maximum Gasteiger partial charge on any atom is 0.0640 e. The zero-order valence-electron chi connectivity index (χ0n) is 33.4. The quantitative estimate of drug-likeness (QED) is 0.163. The lowest BCUT2D eigenvalue weighted by molar-refractivity contribution is 0.660. The molecule has 8 aromatic carbocycles. The average Bonchev–Trinajstić information content (AvgIpc) is 3.87. The molecular formula is C56H42N2S. The van der Waals surface area contributed by atoms with E-state index < -0.39 is 0 Å². The zero-order valence-corrected chi connectivity index (χ0v) is 34.2. The predicted molar refractivity (Wildman–Crippen MR) is 256 cm³/mol. The molecule has 0 fully saturated rings. The van der Waals surface area contributed by atoms with Gasteiger partial charge in [0.15, 0.2) is 0 Å². The molecule has 2 heterocycles. The van der Waals surface area contributed by atoms with E-state index in [9.17, 15) is 0 Å². The second-order valence-corrected chi connectivity index (χ2v) is 17.2. The van der Waals surface area contributed by atoms with Crippen LogP contribution in [0.3, 0.4) is 0 Å². The minimum Gasteiger partial charge on any atom is -0.311 e. The lowest BCUT2D eigenvalue weighted by atomic mass is 9.82. The number of fused-ring (bicyclic) bond motifs is 8. The standard InChI is InChI=1S/C56H42N2S/c1-5-41(34-50-36(2)44-20-11-13-23-49(44)56(50,3)4)57(42-28-26-38(27-29-42)37-16-7-6-8-17-37)43-30-31-46-47-22-15-25-52(55(47)59-54(46)35-43)58-51-24-14-12-21-45(51)48-32-39-18-9-10-19-40(39)33-53(48)58/h5-35H,2H2,1,3-4H3/b41-5+,50-34+. The number of anilines is 2. The van der Waals surface area contributed by atoms with Gasteiger partial charge in [-0.25, -0.2) is 0 Å². The van der Waals surface area contributed by atoms with Crippen LogP contribution < -0.4 is 4.90 Å². The predicted octanol–water partition coefficient (Wildman–Crippen LogP) is 15.9. The Hall–Kier alpha value is -6.94. The summed E-state index contributed by atoms with van der Waals surface area (Å²) < 4.78 is 5.02. The normalized spacial score (nSPS) is 14.7. The monoisotopic (exact) mass is 774 g/mol. The number of para-hydroxylation sites is 1. The van der Waals surface area contributed by atoms with Crippen molar-refractivity contribution in [3.8, 4) is 16.8 Å². The van der Waals surface area contributed by atoms with Gasteiger partial charge in [-0.2, -0.15) is 0 Å². The van der Waals surface area contributed by atoms with Gasteiger partial charge in [0.05, 0.1) is 21.4 Å². The van der Waals surface area contributed by atoms with Crippen molar-refractivity contribution in [2.75, 3.05) is 4.90 Å². The maximum atomic E-state index is 4.64. The van der Waals surface area contributed by atoms with Crippen LogP contribution in [-0.4, -0.2) is 4.57 Å². The molecule has 1 aliphatic carbocycles. The molecule has 0 unspecified atom stereocenters. The topological polar surface area (TPSA) is 8.17 Å². The lowest BCUT2D eigenvalue weighted by Crippen LogP contribution is -2.19. The summed E-state index contributed by atoms with van der Waals surface area (Å²) in [5, 5.41) is 7.59. The van der Waals surface area contributed by atoms with E-state index in [-0.39, 0.29) is 5.41 Å². The molecule has 0 spiro atoms. The van der Waals surface area contributed by atoms with Crippen LogP contribution in [0.2, 0.25) is 0 Å². The highest BCUT2D eigenvalue weighted by Crippen LogP contribution is 2.50. The van der Waals surface area contributed by atoms with Crippen molar-refractivity contribution in [3.63, 3.8) is 0 Å². The van der Waals surface area contributed by atoms with Crippen LogP contribution in [-0.2, 0) is 5.41 Å².